The molecule has 268 valence electrons. The highest BCUT2D eigenvalue weighted by atomic mass is 15.1. The van der Waals surface area contributed by atoms with Crippen molar-refractivity contribution in [2.45, 2.75) is 0 Å². The first-order chi connectivity index (χ1) is 34.5. The fourth-order valence-corrected chi connectivity index (χ4v) is 7.03. The van der Waals surface area contributed by atoms with Gasteiger partial charge >= 0.3 is 0 Å². The second-order valence-corrected chi connectivity index (χ2v) is 13.4. The van der Waals surface area contributed by atoms with Crippen molar-refractivity contribution >= 4 is 38.6 Å². The Morgan fingerprint density at radius 2 is 0.842 bits per heavy atom. The van der Waals surface area contributed by atoms with Crippen LogP contribution in [0.15, 0.2) is 236 Å². The van der Waals surface area contributed by atoms with Gasteiger partial charge in [-0.2, -0.15) is 0 Å². The molecule has 0 spiro atoms. The summed E-state index contributed by atoms with van der Waals surface area (Å²) < 4.78 is 135. The van der Waals surface area contributed by atoms with Gasteiger partial charge in [0.25, 0.3) is 0 Å². The van der Waals surface area contributed by atoms with Crippen molar-refractivity contribution in [3.63, 3.8) is 0 Å². The smallest absolute Gasteiger partial charge is 0.0645 e. The third-order valence-corrected chi connectivity index (χ3v) is 9.87. The molecular weight excluding hydrogens is 687 g/mol. The van der Waals surface area contributed by atoms with E-state index in [2.05, 4.69) is 0 Å². The molecule has 0 fully saturated rings. The summed E-state index contributed by atoms with van der Waals surface area (Å²) in [5, 5.41) is 1.04. The zero-order valence-electron chi connectivity index (χ0n) is 45.3. The van der Waals surface area contributed by atoms with Gasteiger partial charge in [0.15, 0.2) is 0 Å². The maximum atomic E-state index is 9.67. The molecule has 0 heterocycles. The van der Waals surface area contributed by atoms with Crippen LogP contribution in [0.1, 0.15) is 20.6 Å². The molecule has 0 N–H and O–H groups in total. The van der Waals surface area contributed by atoms with Crippen molar-refractivity contribution < 1.29 is 20.6 Å². The van der Waals surface area contributed by atoms with Gasteiger partial charge in [-0.1, -0.05) is 188 Å². The highest BCUT2D eigenvalue weighted by Gasteiger charge is 2.15. The molecule has 0 aliphatic rings. The van der Waals surface area contributed by atoms with Gasteiger partial charge < -0.3 is 4.90 Å². The SMILES string of the molecule is [2H]c1c([2H])c([2H])c(-c2c([2H])c([2H])c3c([2H])c([2H])c(-c4c([2H])c([2H])c(N(c5ccc(-c6ccc(-c7ccccc7)cc6)cc5)c5cccc(-c6cccc7ccccc67)c5)c([2H])c4[2H])c([2H])c3c2[2H])c([2H])c1[2H]. The lowest BCUT2D eigenvalue weighted by Gasteiger charge is -2.26. The first-order valence-electron chi connectivity index (χ1n) is 25.9. The number of nitrogens with zero attached hydrogens (tertiary/aromatic N) is 1. The van der Waals surface area contributed by atoms with Gasteiger partial charge in [-0.3, -0.25) is 0 Å². The van der Waals surface area contributed by atoms with Crippen molar-refractivity contribution in [1.82, 2.24) is 0 Å². The molecule has 0 saturated heterocycles. The van der Waals surface area contributed by atoms with Crippen LogP contribution in [0.2, 0.25) is 0 Å². The Kier molecular flexibility index (Phi) is 5.67. The molecule has 0 bridgehead atoms. The topological polar surface area (TPSA) is 3.24 Å². The van der Waals surface area contributed by atoms with Gasteiger partial charge in [0.1, 0.15) is 0 Å². The average molecular weight is 741 g/mol. The maximum absolute atomic E-state index is 9.67. The molecule has 57 heavy (non-hydrogen) atoms. The summed E-state index contributed by atoms with van der Waals surface area (Å²) in [6.07, 6.45) is 0. The van der Waals surface area contributed by atoms with E-state index in [-0.39, 0.29) is 5.69 Å². The van der Waals surface area contributed by atoms with Gasteiger partial charge in [0.2, 0.25) is 0 Å². The van der Waals surface area contributed by atoms with Crippen LogP contribution in [0.4, 0.5) is 17.1 Å². The van der Waals surface area contributed by atoms with Crippen LogP contribution in [0, 0.1) is 0 Å². The van der Waals surface area contributed by atoms with E-state index in [0.29, 0.717) is 11.4 Å². The summed E-state index contributed by atoms with van der Waals surface area (Å²) in [5.41, 5.74) is 4.27. The fraction of sp³-hybridized carbons (Fsp3) is 0. The molecular formula is C56H39N. The van der Waals surface area contributed by atoms with Crippen LogP contribution in [-0.2, 0) is 0 Å². The monoisotopic (exact) mass is 740 g/mol. The minimum atomic E-state index is -0.765. The van der Waals surface area contributed by atoms with E-state index in [4.69, 9.17) is 12.3 Å². The molecule has 10 rings (SSSR count). The molecule has 0 unspecified atom stereocenters. The predicted octanol–water partition coefficient (Wildman–Crippen LogP) is 15.8. The lowest BCUT2D eigenvalue weighted by molar-refractivity contribution is 1.28. The lowest BCUT2D eigenvalue weighted by Crippen LogP contribution is -2.10. The van der Waals surface area contributed by atoms with Crippen LogP contribution >= 0.6 is 0 Å². The lowest BCUT2D eigenvalue weighted by atomic mass is 9.97. The van der Waals surface area contributed by atoms with Gasteiger partial charge in [-0.15, -0.1) is 0 Å². The zero-order chi connectivity index (χ0) is 51.0. The van der Waals surface area contributed by atoms with Crippen molar-refractivity contribution in [2.75, 3.05) is 4.90 Å². The molecule has 0 saturated carbocycles. The second kappa shape index (κ2) is 15.0. The molecule has 1 heteroatoms. The van der Waals surface area contributed by atoms with Crippen molar-refractivity contribution in [3.8, 4) is 55.6 Å². The Morgan fingerprint density at radius 3 is 1.54 bits per heavy atom. The van der Waals surface area contributed by atoms with Crippen LogP contribution in [-0.4, -0.2) is 0 Å². The number of rotatable bonds is 8. The third-order valence-electron chi connectivity index (χ3n) is 9.87. The molecule has 0 atom stereocenters. The number of fused-ring (bicyclic) bond motifs is 2. The molecule has 0 aromatic heterocycles. The first kappa shape index (κ1) is 21.6. The Balaban J connectivity index is 1.17. The first-order valence-corrected chi connectivity index (χ1v) is 18.4. The van der Waals surface area contributed by atoms with E-state index in [1.54, 1.807) is 11.0 Å². The largest absolute Gasteiger partial charge is 0.310 e. The van der Waals surface area contributed by atoms with E-state index in [9.17, 15) is 8.22 Å². The van der Waals surface area contributed by atoms with E-state index in [1.807, 2.05) is 140 Å². The highest BCUT2D eigenvalue weighted by Crippen LogP contribution is 2.40. The Hall–Kier alpha value is -7.48. The summed E-state index contributed by atoms with van der Waals surface area (Å²) in [6, 6.07) is 36.4. The normalized spacial score (nSPS) is 14.8. The van der Waals surface area contributed by atoms with Crippen LogP contribution in [0.25, 0.3) is 77.2 Å². The quantitative estimate of drug-likeness (QED) is 0.150. The van der Waals surface area contributed by atoms with Crippen LogP contribution < -0.4 is 4.90 Å². The predicted molar refractivity (Wildman–Crippen MR) is 243 cm³/mol. The molecule has 0 aliphatic heterocycles. The van der Waals surface area contributed by atoms with Crippen molar-refractivity contribution in [2.24, 2.45) is 0 Å². The molecule has 10 aromatic carbocycles. The summed E-state index contributed by atoms with van der Waals surface area (Å²) in [7, 11) is 0. The molecule has 1 nitrogen and oxygen atoms in total. The number of hydrogen-bond donors (Lipinski definition) is 0. The number of anilines is 3. The van der Waals surface area contributed by atoms with Crippen molar-refractivity contribution in [1.29, 1.82) is 0 Å². The maximum Gasteiger partial charge on any atom is 0.0645 e. The zero-order valence-corrected chi connectivity index (χ0v) is 30.3. The van der Waals surface area contributed by atoms with Crippen molar-refractivity contribution in [3.05, 3.63) is 236 Å². The number of benzene rings is 10. The number of hydrogen-bond acceptors (Lipinski definition) is 1. The summed E-state index contributed by atoms with van der Waals surface area (Å²) in [4.78, 5) is 1.62. The molecule has 0 amide bonds. The van der Waals surface area contributed by atoms with Gasteiger partial charge in [0, 0.05) is 17.1 Å². The summed E-state index contributed by atoms with van der Waals surface area (Å²) in [5.74, 6) is 0. The van der Waals surface area contributed by atoms with Gasteiger partial charge in [0.05, 0.1) is 20.6 Å². The Bertz CT molecular complexity index is 3800. The molecule has 10 aromatic rings. The van der Waals surface area contributed by atoms with Crippen LogP contribution in [0.3, 0.4) is 0 Å². The van der Waals surface area contributed by atoms with E-state index >= 15 is 0 Å². The van der Waals surface area contributed by atoms with Gasteiger partial charge in [-0.05, 0) is 126 Å². The molecule has 0 radical (unpaired) electrons. The van der Waals surface area contributed by atoms with E-state index < -0.39 is 124 Å². The minimum Gasteiger partial charge on any atom is -0.310 e. The third kappa shape index (κ3) is 6.88. The van der Waals surface area contributed by atoms with E-state index in [1.165, 1.54) is 0 Å². The van der Waals surface area contributed by atoms with Crippen LogP contribution in [0.5, 0.6) is 0 Å². The average Bonchev–Trinajstić information content (AvgIpc) is 3.40. The van der Waals surface area contributed by atoms with Gasteiger partial charge in [-0.25, -0.2) is 0 Å². The Labute approximate surface area is 355 Å². The minimum absolute atomic E-state index is 0.161. The Morgan fingerprint density at radius 1 is 0.298 bits per heavy atom. The van der Waals surface area contributed by atoms with E-state index in [0.717, 1.165) is 44.2 Å². The standard InChI is InChI=1S/C56H39N/c1-3-11-40(12-4-1)42-21-23-43(24-22-42)44-29-33-52(34-30-44)57(54-18-9-17-50(39-54)56-20-10-16-47-15-7-8-19-55(47)56)53-35-31-45(32-36-53)49-28-26-46-25-27-48(37-51(46)38-49)41-13-5-2-6-14-41/h1-39H/i2D,5D,6D,13D,14D,25D,26D,27D,28D,31D,32D,35D,36D,37D,38D. The summed E-state index contributed by atoms with van der Waals surface area (Å²) in [6.45, 7) is 0. The highest BCUT2D eigenvalue weighted by molar-refractivity contribution is 5.98. The fourth-order valence-electron chi connectivity index (χ4n) is 7.03. The summed E-state index contributed by atoms with van der Waals surface area (Å²) >= 11 is 0. The second-order valence-electron chi connectivity index (χ2n) is 13.4. The molecule has 0 aliphatic carbocycles.